The first-order valence-electron chi connectivity index (χ1n) is 1.25. The zero-order valence-corrected chi connectivity index (χ0v) is 5.77. The van der Waals surface area contributed by atoms with Gasteiger partial charge in [-0.3, -0.25) is 4.79 Å². The number of amides is 1. The third kappa shape index (κ3) is 8.83. The molecule has 4 heteroatoms. The van der Waals surface area contributed by atoms with E-state index in [0.717, 1.165) is 0 Å². The van der Waals surface area contributed by atoms with E-state index in [1.54, 1.807) is 0 Å². The number of nitrogens with two attached hydrogens (primary N) is 2. The van der Waals surface area contributed by atoms with Crippen molar-refractivity contribution in [3.05, 3.63) is 0 Å². The average molecular weight is 97.1 g/mol. The summed E-state index contributed by atoms with van der Waals surface area (Å²) in [4.78, 5) is 9.47. The molecule has 0 aliphatic carbocycles. The van der Waals surface area contributed by atoms with Gasteiger partial charge in [-0.1, -0.05) is 0 Å². The molecule has 0 unspecified atom stereocenters. The molecule has 0 fully saturated rings. The van der Waals surface area contributed by atoms with Crippen LogP contribution in [0.2, 0.25) is 0 Å². The maximum atomic E-state index is 9.47. The van der Waals surface area contributed by atoms with Crippen molar-refractivity contribution in [1.82, 2.24) is 0 Å². The molecule has 6 heavy (non-hydrogen) atoms. The van der Waals surface area contributed by atoms with Gasteiger partial charge in [0.15, 0.2) is 0 Å². The van der Waals surface area contributed by atoms with Crippen molar-refractivity contribution in [3.8, 4) is 0 Å². The number of rotatable bonds is 1. The minimum Gasteiger partial charge on any atom is -0.369 e. The Morgan fingerprint density at radius 2 is 1.83 bits per heavy atom. The van der Waals surface area contributed by atoms with E-state index in [2.05, 4.69) is 5.73 Å². The number of primary amides is 1. The molecule has 0 aliphatic rings. The Balaban J connectivity index is 0. The molecule has 0 heterocycles. The zero-order chi connectivity index (χ0) is 4.28. The summed E-state index contributed by atoms with van der Waals surface area (Å²) >= 11 is 0. The minimum absolute atomic E-state index is 0. The summed E-state index contributed by atoms with van der Waals surface area (Å²) in [6.07, 6.45) is 0. The van der Waals surface area contributed by atoms with Crippen LogP contribution in [0.15, 0.2) is 0 Å². The predicted octanol–water partition coefficient (Wildman–Crippen LogP) is -1.95. The van der Waals surface area contributed by atoms with E-state index in [0.29, 0.717) is 0 Å². The Morgan fingerprint density at radius 1 is 1.67 bits per heavy atom. The van der Waals surface area contributed by atoms with Crippen molar-refractivity contribution >= 4 is 35.5 Å². The summed E-state index contributed by atoms with van der Waals surface area (Å²) < 4.78 is 0. The molecule has 0 saturated carbocycles. The quantitative estimate of drug-likeness (QED) is 0.373. The fourth-order valence-corrected chi connectivity index (χ4v) is 0. The van der Waals surface area contributed by atoms with Gasteiger partial charge in [-0.25, -0.2) is 0 Å². The van der Waals surface area contributed by atoms with E-state index in [9.17, 15) is 4.79 Å². The van der Waals surface area contributed by atoms with Gasteiger partial charge in [0.05, 0.1) is 6.54 Å². The normalized spacial score (nSPS) is 6.17. The summed E-state index contributed by atoms with van der Waals surface area (Å²) in [5.41, 5.74) is 9.22. The Bertz CT molecular complexity index is 46.8. The van der Waals surface area contributed by atoms with Crippen LogP contribution in [0.1, 0.15) is 0 Å². The molecule has 31 valence electrons. The van der Waals surface area contributed by atoms with Gasteiger partial charge in [0, 0.05) is 29.6 Å². The molecule has 0 saturated heterocycles. The second kappa shape index (κ2) is 5.43. The van der Waals surface area contributed by atoms with Crippen LogP contribution in [0.3, 0.4) is 0 Å². The zero-order valence-electron chi connectivity index (χ0n) is 3.77. The molecule has 0 aromatic rings. The molecular formula is C2H6N2NaO. The Labute approximate surface area is 58.4 Å². The number of carbonyl (C=O) groups excluding carboxylic acids is 1. The largest absolute Gasteiger partial charge is 0.369 e. The molecule has 4 N–H and O–H groups in total. The Kier molecular flexibility index (Phi) is 8.74. The molecule has 0 atom stereocenters. The van der Waals surface area contributed by atoms with Crippen LogP contribution in [-0.4, -0.2) is 42.0 Å². The van der Waals surface area contributed by atoms with Gasteiger partial charge in [0.1, 0.15) is 0 Å². The summed E-state index contributed by atoms with van der Waals surface area (Å²) in [6.45, 7) is -0.0556. The van der Waals surface area contributed by atoms with E-state index in [1.807, 2.05) is 0 Å². The molecule has 0 spiro atoms. The van der Waals surface area contributed by atoms with Gasteiger partial charge >= 0.3 is 0 Å². The van der Waals surface area contributed by atoms with Crippen molar-refractivity contribution in [1.29, 1.82) is 0 Å². The SMILES string of the molecule is NCC(N)=O.[Na]. The average Bonchev–Trinajstić information content (AvgIpc) is 1.38. The topological polar surface area (TPSA) is 69.1 Å². The first-order valence-corrected chi connectivity index (χ1v) is 1.25. The van der Waals surface area contributed by atoms with Crippen LogP contribution in [0.4, 0.5) is 0 Å². The van der Waals surface area contributed by atoms with Crippen LogP contribution in [0, 0.1) is 0 Å². The maximum absolute atomic E-state index is 9.47. The molecule has 0 aliphatic heterocycles. The first-order chi connectivity index (χ1) is 2.27. The maximum Gasteiger partial charge on any atom is 0.231 e. The van der Waals surface area contributed by atoms with Crippen molar-refractivity contribution in [2.45, 2.75) is 0 Å². The number of hydrogen-bond acceptors (Lipinski definition) is 2. The molecular weight excluding hydrogens is 91.0 g/mol. The van der Waals surface area contributed by atoms with E-state index in [4.69, 9.17) is 5.73 Å². The van der Waals surface area contributed by atoms with Crippen LogP contribution < -0.4 is 11.5 Å². The smallest absolute Gasteiger partial charge is 0.231 e. The molecule has 1 radical (unpaired) electrons. The van der Waals surface area contributed by atoms with Crippen molar-refractivity contribution < 1.29 is 4.79 Å². The second-order valence-electron chi connectivity index (χ2n) is 0.670. The van der Waals surface area contributed by atoms with Crippen molar-refractivity contribution in [2.24, 2.45) is 11.5 Å². The Morgan fingerprint density at radius 3 is 1.83 bits per heavy atom. The van der Waals surface area contributed by atoms with Gasteiger partial charge in [-0.15, -0.1) is 0 Å². The minimum atomic E-state index is -0.468. The fraction of sp³-hybridized carbons (Fsp3) is 0.500. The van der Waals surface area contributed by atoms with E-state index in [-0.39, 0.29) is 36.1 Å². The molecule has 1 amide bonds. The van der Waals surface area contributed by atoms with Crippen molar-refractivity contribution in [2.75, 3.05) is 6.54 Å². The van der Waals surface area contributed by atoms with E-state index < -0.39 is 5.91 Å². The van der Waals surface area contributed by atoms with Crippen LogP contribution in [0.25, 0.3) is 0 Å². The van der Waals surface area contributed by atoms with Gasteiger partial charge in [-0.2, -0.15) is 0 Å². The summed E-state index contributed by atoms with van der Waals surface area (Å²) in [7, 11) is 0. The monoisotopic (exact) mass is 97.0 g/mol. The third-order valence-corrected chi connectivity index (χ3v) is 0.201. The molecule has 0 bridgehead atoms. The van der Waals surface area contributed by atoms with Crippen molar-refractivity contribution in [3.63, 3.8) is 0 Å². The third-order valence-electron chi connectivity index (χ3n) is 0.201. The number of carbonyl (C=O) groups is 1. The van der Waals surface area contributed by atoms with Crippen LogP contribution >= 0.6 is 0 Å². The summed E-state index contributed by atoms with van der Waals surface area (Å²) in [6, 6.07) is 0. The Hall–Kier alpha value is 0.430. The van der Waals surface area contributed by atoms with E-state index >= 15 is 0 Å². The number of hydrogen-bond donors (Lipinski definition) is 2. The van der Waals surface area contributed by atoms with Crippen LogP contribution in [0.5, 0.6) is 0 Å². The van der Waals surface area contributed by atoms with Gasteiger partial charge in [0.25, 0.3) is 0 Å². The van der Waals surface area contributed by atoms with Gasteiger partial charge in [0.2, 0.25) is 5.91 Å². The second-order valence-corrected chi connectivity index (χ2v) is 0.670. The molecule has 0 aromatic carbocycles. The summed E-state index contributed by atoms with van der Waals surface area (Å²) in [5.74, 6) is -0.468. The predicted molar refractivity (Wildman–Crippen MR) is 24.0 cm³/mol. The first kappa shape index (κ1) is 9.66. The van der Waals surface area contributed by atoms with Gasteiger partial charge in [-0.05, 0) is 0 Å². The van der Waals surface area contributed by atoms with Gasteiger partial charge < -0.3 is 11.5 Å². The fourth-order valence-electron chi connectivity index (χ4n) is 0. The molecule has 0 aromatic heterocycles. The standard InChI is InChI=1S/C2H6N2O.Na/c3-1-2(4)5;/h1,3H2,(H2,4,5);. The van der Waals surface area contributed by atoms with E-state index in [1.165, 1.54) is 0 Å². The summed E-state index contributed by atoms with van der Waals surface area (Å²) in [5, 5.41) is 0. The van der Waals surface area contributed by atoms with Crippen LogP contribution in [-0.2, 0) is 4.79 Å². The molecule has 3 nitrogen and oxygen atoms in total. The molecule has 0 rings (SSSR count).